The van der Waals surface area contributed by atoms with Crippen molar-refractivity contribution in [2.45, 2.75) is 65.3 Å². The van der Waals surface area contributed by atoms with E-state index in [0.717, 1.165) is 11.2 Å². The molecule has 2 heterocycles. The van der Waals surface area contributed by atoms with Crippen LogP contribution in [-0.4, -0.2) is 35.0 Å². The van der Waals surface area contributed by atoms with Gasteiger partial charge in [-0.3, -0.25) is 14.4 Å². The molecule has 1 fully saturated rings. The summed E-state index contributed by atoms with van der Waals surface area (Å²) in [6, 6.07) is 4.69. The van der Waals surface area contributed by atoms with Crippen molar-refractivity contribution in [3.8, 4) is 0 Å². The zero-order valence-electron chi connectivity index (χ0n) is 15.9. The largest absolute Gasteiger partial charge is 0.619 e. The van der Waals surface area contributed by atoms with Crippen molar-refractivity contribution >= 4 is 17.5 Å². The molecule has 2 rings (SSSR count). The van der Waals surface area contributed by atoms with Gasteiger partial charge in [-0.05, 0) is 25.7 Å². The van der Waals surface area contributed by atoms with Crippen LogP contribution in [0.4, 0.5) is 0 Å². The van der Waals surface area contributed by atoms with E-state index in [4.69, 9.17) is 0 Å². The molecule has 1 aliphatic rings. The van der Waals surface area contributed by atoms with E-state index >= 15 is 0 Å². The number of aryl methyl sites for hydroxylation is 1. The van der Waals surface area contributed by atoms with E-state index in [2.05, 4.69) is 0 Å². The summed E-state index contributed by atoms with van der Waals surface area (Å²) in [5, 5.41) is 11.8. The van der Waals surface area contributed by atoms with Gasteiger partial charge in [-0.15, -0.1) is 0 Å². The Morgan fingerprint density at radius 1 is 1.31 bits per heavy atom. The number of hydrogen-bond acceptors (Lipinski definition) is 4. The first-order valence-electron chi connectivity index (χ1n) is 9.33. The third-order valence-electron chi connectivity index (χ3n) is 5.11. The summed E-state index contributed by atoms with van der Waals surface area (Å²) in [4.78, 5) is 38.9. The lowest BCUT2D eigenvalue weighted by atomic mass is 9.79. The summed E-state index contributed by atoms with van der Waals surface area (Å²) >= 11 is 0. The summed E-state index contributed by atoms with van der Waals surface area (Å²) in [5.74, 6) is -0.971. The van der Waals surface area contributed by atoms with Gasteiger partial charge in [0.1, 0.15) is 0 Å². The molecule has 0 aromatic carbocycles. The zero-order chi connectivity index (χ0) is 19.3. The number of nitrogens with zero attached hydrogens (tertiary/aromatic N) is 2. The molecule has 1 amide bonds. The third kappa shape index (κ3) is 4.48. The maximum absolute atomic E-state index is 13.1. The van der Waals surface area contributed by atoms with Crippen LogP contribution in [0.5, 0.6) is 0 Å². The number of hydrogen-bond donors (Lipinski definition) is 0. The van der Waals surface area contributed by atoms with Crippen LogP contribution in [0.1, 0.15) is 58.6 Å². The molecule has 1 aromatic rings. The van der Waals surface area contributed by atoms with E-state index in [0.29, 0.717) is 37.9 Å². The van der Waals surface area contributed by atoms with Crippen LogP contribution in [0.15, 0.2) is 24.4 Å². The summed E-state index contributed by atoms with van der Waals surface area (Å²) in [6.07, 6.45) is 4.61. The topological polar surface area (TPSA) is 81.4 Å². The Balaban J connectivity index is 2.06. The Bertz CT molecular complexity index is 684. The number of aromatic nitrogens is 1. The van der Waals surface area contributed by atoms with E-state index in [1.54, 1.807) is 18.2 Å². The van der Waals surface area contributed by atoms with E-state index in [9.17, 15) is 19.6 Å². The number of ketones is 2. The van der Waals surface area contributed by atoms with Gasteiger partial charge in [0.25, 0.3) is 5.91 Å². The number of carbonyl (C=O) groups is 3. The van der Waals surface area contributed by atoms with Crippen LogP contribution in [0.2, 0.25) is 0 Å². The van der Waals surface area contributed by atoms with Gasteiger partial charge in [0.05, 0.1) is 6.04 Å². The minimum absolute atomic E-state index is 0.0268. The summed E-state index contributed by atoms with van der Waals surface area (Å²) in [6.45, 7) is 6.01. The molecule has 26 heavy (non-hydrogen) atoms. The number of rotatable bonds is 8. The van der Waals surface area contributed by atoms with Crippen LogP contribution in [0.3, 0.4) is 0 Å². The predicted molar refractivity (Wildman–Crippen MR) is 97.2 cm³/mol. The summed E-state index contributed by atoms with van der Waals surface area (Å²) in [7, 11) is 0. The predicted octanol–water partition coefficient (Wildman–Crippen LogP) is 2.21. The van der Waals surface area contributed by atoms with E-state index in [1.165, 1.54) is 11.1 Å². The van der Waals surface area contributed by atoms with E-state index < -0.39 is 23.1 Å². The Kier molecular flexibility index (Phi) is 6.51. The van der Waals surface area contributed by atoms with Gasteiger partial charge in [-0.1, -0.05) is 26.8 Å². The maximum Gasteiger partial charge on any atom is 0.290 e. The quantitative estimate of drug-likeness (QED) is 0.404. The molecule has 0 N–H and O–H groups in total. The minimum Gasteiger partial charge on any atom is -0.619 e. The van der Waals surface area contributed by atoms with Crippen LogP contribution in [-0.2, 0) is 20.8 Å². The van der Waals surface area contributed by atoms with Crippen LogP contribution >= 0.6 is 0 Å². The lowest BCUT2D eigenvalue weighted by Gasteiger charge is -2.31. The second-order valence-corrected chi connectivity index (χ2v) is 7.60. The van der Waals surface area contributed by atoms with Crippen molar-refractivity contribution in [2.75, 3.05) is 6.54 Å². The molecule has 0 radical (unpaired) electrons. The molecule has 0 spiro atoms. The Hall–Kier alpha value is -2.24. The average Bonchev–Trinajstić information content (AvgIpc) is 3.09. The molecule has 1 aliphatic heterocycles. The Morgan fingerprint density at radius 2 is 2.04 bits per heavy atom. The van der Waals surface area contributed by atoms with Gasteiger partial charge < -0.3 is 10.1 Å². The summed E-state index contributed by atoms with van der Waals surface area (Å²) < 4.78 is 0.815. The van der Waals surface area contributed by atoms with Gasteiger partial charge >= 0.3 is 0 Å². The van der Waals surface area contributed by atoms with Crippen LogP contribution < -0.4 is 4.73 Å². The molecule has 6 heteroatoms. The molecule has 1 aromatic heterocycles. The van der Waals surface area contributed by atoms with Gasteiger partial charge in [0.2, 0.25) is 5.78 Å². The molecule has 142 valence electrons. The van der Waals surface area contributed by atoms with Gasteiger partial charge in [0, 0.05) is 36.9 Å². The number of pyridine rings is 1. The highest BCUT2D eigenvalue weighted by atomic mass is 16.5. The van der Waals surface area contributed by atoms with Crippen LogP contribution in [0.25, 0.3) is 0 Å². The highest BCUT2D eigenvalue weighted by molar-refractivity contribution is 6.36. The maximum atomic E-state index is 13.1. The standard InChI is InChI=1S/C20H28N2O4/c1-4-8-17(23)19(25)21-13-7-10-16(21)18(24)20(2,3)12-11-15-9-5-6-14-22(15)26/h5-6,9,14,16H,4,7-8,10-13H2,1-3H3. The van der Waals surface area contributed by atoms with Gasteiger partial charge in [0.15, 0.2) is 17.7 Å². The first-order chi connectivity index (χ1) is 12.3. The van der Waals surface area contributed by atoms with Crippen molar-refractivity contribution in [2.24, 2.45) is 5.41 Å². The highest BCUT2D eigenvalue weighted by Gasteiger charge is 2.42. The second-order valence-electron chi connectivity index (χ2n) is 7.60. The molecular weight excluding hydrogens is 332 g/mol. The molecule has 1 atom stereocenters. The molecule has 0 aliphatic carbocycles. The lowest BCUT2D eigenvalue weighted by Crippen LogP contribution is -2.48. The lowest BCUT2D eigenvalue weighted by molar-refractivity contribution is -0.614. The van der Waals surface area contributed by atoms with Gasteiger partial charge in [-0.2, -0.15) is 4.73 Å². The van der Waals surface area contributed by atoms with E-state index in [-0.39, 0.29) is 12.2 Å². The number of likely N-dealkylation sites (tertiary alicyclic amines) is 1. The van der Waals surface area contributed by atoms with Crippen molar-refractivity contribution < 1.29 is 19.1 Å². The fraction of sp³-hybridized carbons (Fsp3) is 0.600. The van der Waals surface area contributed by atoms with Crippen molar-refractivity contribution in [3.63, 3.8) is 0 Å². The van der Waals surface area contributed by atoms with Crippen molar-refractivity contribution in [1.29, 1.82) is 0 Å². The molecule has 6 nitrogen and oxygen atoms in total. The fourth-order valence-corrected chi connectivity index (χ4v) is 3.45. The Morgan fingerprint density at radius 3 is 2.69 bits per heavy atom. The Labute approximate surface area is 154 Å². The third-order valence-corrected chi connectivity index (χ3v) is 5.11. The average molecular weight is 360 g/mol. The number of amides is 1. The van der Waals surface area contributed by atoms with Gasteiger partial charge in [-0.25, -0.2) is 0 Å². The number of carbonyl (C=O) groups excluding carboxylic acids is 3. The van der Waals surface area contributed by atoms with Crippen molar-refractivity contribution in [1.82, 2.24) is 4.90 Å². The summed E-state index contributed by atoms with van der Waals surface area (Å²) in [5.41, 5.74) is -0.0599. The monoisotopic (exact) mass is 360 g/mol. The SMILES string of the molecule is CCCC(=O)C(=O)N1CCCC1C(=O)C(C)(C)CCc1cccc[n+]1[O-]. The second kappa shape index (κ2) is 8.43. The molecular formula is C20H28N2O4. The molecule has 1 unspecified atom stereocenters. The molecule has 1 saturated heterocycles. The normalized spacial score (nSPS) is 17.3. The zero-order valence-corrected chi connectivity index (χ0v) is 15.9. The first kappa shape index (κ1) is 20.1. The molecule has 0 saturated carbocycles. The number of Topliss-reactive ketones (excluding diaryl/α,β-unsaturated/α-hetero) is 2. The first-order valence-corrected chi connectivity index (χ1v) is 9.33. The fourth-order valence-electron chi connectivity index (χ4n) is 3.45. The minimum atomic E-state index is -0.676. The smallest absolute Gasteiger partial charge is 0.290 e. The molecule has 0 bridgehead atoms. The van der Waals surface area contributed by atoms with E-state index in [1.807, 2.05) is 20.8 Å². The van der Waals surface area contributed by atoms with Crippen molar-refractivity contribution in [3.05, 3.63) is 35.3 Å². The highest BCUT2D eigenvalue weighted by Crippen LogP contribution is 2.31. The van der Waals surface area contributed by atoms with Crippen LogP contribution in [0, 0.1) is 10.6 Å².